The summed E-state index contributed by atoms with van der Waals surface area (Å²) in [4.78, 5) is 60.4. The molecule has 3 aromatic carbocycles. The third-order valence-corrected chi connectivity index (χ3v) is 11.1. The van der Waals surface area contributed by atoms with Crippen molar-refractivity contribution in [3.8, 4) is 0 Å². The number of benzene rings is 3. The van der Waals surface area contributed by atoms with E-state index in [1.807, 2.05) is 54.6 Å². The monoisotopic (exact) mass is 773 g/mol. The summed E-state index contributed by atoms with van der Waals surface area (Å²) in [5, 5.41) is 14.1. The highest BCUT2D eigenvalue weighted by atomic mass is 79.9. The van der Waals surface area contributed by atoms with E-state index in [4.69, 9.17) is 21.1 Å². The number of likely N-dealkylation sites (tertiary alicyclic amines) is 1. The summed E-state index contributed by atoms with van der Waals surface area (Å²) in [7, 11) is 0. The summed E-state index contributed by atoms with van der Waals surface area (Å²) in [6, 6.07) is 23.3. The third kappa shape index (κ3) is 6.52. The minimum absolute atomic E-state index is 0.0223. The summed E-state index contributed by atoms with van der Waals surface area (Å²) in [5.74, 6) is -4.18. The number of carbonyl (C=O) groups excluding carboxylic acids is 4. The number of anilines is 1. The van der Waals surface area contributed by atoms with E-state index < -0.39 is 66.1 Å². The summed E-state index contributed by atoms with van der Waals surface area (Å²) in [6.07, 6.45) is 4.40. The van der Waals surface area contributed by atoms with Crippen LogP contribution in [-0.4, -0.2) is 77.2 Å². The van der Waals surface area contributed by atoms with Gasteiger partial charge < -0.3 is 29.7 Å². The van der Waals surface area contributed by atoms with Gasteiger partial charge in [0, 0.05) is 17.4 Å². The Hall–Kier alpha value is -4.29. The summed E-state index contributed by atoms with van der Waals surface area (Å²) < 4.78 is 13.4. The van der Waals surface area contributed by atoms with E-state index in [9.17, 15) is 19.5 Å². The van der Waals surface area contributed by atoms with Gasteiger partial charge in [0.25, 0.3) is 5.91 Å². The number of hydrogen-bond donors (Lipinski definition) is 2. The molecular weight excluding hydrogens is 738 g/mol. The fourth-order valence-corrected chi connectivity index (χ4v) is 8.76. The Kier molecular flexibility index (Phi) is 10.2. The Morgan fingerprint density at radius 1 is 0.941 bits per heavy atom. The van der Waals surface area contributed by atoms with E-state index in [1.54, 1.807) is 48.6 Å². The number of fused-ring (bicyclic) bond motifs is 2. The van der Waals surface area contributed by atoms with Gasteiger partial charge >= 0.3 is 5.97 Å². The first-order chi connectivity index (χ1) is 24.7. The summed E-state index contributed by atoms with van der Waals surface area (Å²) >= 11 is 10.3. The van der Waals surface area contributed by atoms with E-state index in [0.717, 1.165) is 5.56 Å². The number of nitrogens with zero attached hydrogens (tertiary/aromatic N) is 2. The number of aliphatic hydroxyl groups is 1. The molecule has 0 radical (unpaired) electrons. The van der Waals surface area contributed by atoms with Crippen LogP contribution in [0.4, 0.5) is 5.69 Å². The SMILES string of the molecule is O=C1CC/C=C\CN(c2ccccc2Cl)C(=O)[C@@H]2N([C@@H](CO)Cc3ccccc3)C(=O)[C@H]3[C@H](C(=O)O[C@H](c4ccccc4)CN1)[C@H]1O[C@@]23C=C1Br. The molecule has 3 aromatic rings. The number of halogens is 2. The average Bonchev–Trinajstić information content (AvgIpc) is 3.74. The van der Waals surface area contributed by atoms with Gasteiger partial charge in [-0.15, -0.1) is 0 Å². The molecule has 3 amide bonds. The normalized spacial score (nSPS) is 29.3. The Morgan fingerprint density at radius 3 is 2.37 bits per heavy atom. The molecule has 7 atom stereocenters. The number of rotatable bonds is 6. The lowest BCUT2D eigenvalue weighted by atomic mass is 9.74. The summed E-state index contributed by atoms with van der Waals surface area (Å²) in [5.41, 5.74) is 0.371. The lowest BCUT2D eigenvalue weighted by Crippen LogP contribution is -2.59. The molecule has 10 nitrogen and oxygen atoms in total. The minimum Gasteiger partial charge on any atom is -0.455 e. The van der Waals surface area contributed by atoms with Crippen LogP contribution in [0, 0.1) is 11.8 Å². The Morgan fingerprint density at radius 2 is 1.65 bits per heavy atom. The van der Waals surface area contributed by atoms with Gasteiger partial charge in [-0.1, -0.05) is 112 Å². The van der Waals surface area contributed by atoms with Crippen molar-refractivity contribution in [2.24, 2.45) is 11.8 Å². The van der Waals surface area contributed by atoms with Crippen molar-refractivity contribution in [1.29, 1.82) is 0 Å². The van der Waals surface area contributed by atoms with E-state index in [-0.39, 0.29) is 31.8 Å². The molecule has 2 fully saturated rings. The molecule has 4 aliphatic rings. The Labute approximate surface area is 309 Å². The van der Waals surface area contributed by atoms with Crippen molar-refractivity contribution >= 4 is 56.9 Å². The molecule has 0 saturated carbocycles. The minimum atomic E-state index is -1.57. The van der Waals surface area contributed by atoms with Crippen molar-refractivity contribution in [3.05, 3.63) is 124 Å². The predicted molar refractivity (Wildman–Crippen MR) is 194 cm³/mol. The zero-order chi connectivity index (χ0) is 35.7. The molecule has 0 aliphatic carbocycles. The number of cyclic esters (lactones) is 1. The molecule has 4 heterocycles. The molecule has 4 aliphatic heterocycles. The number of amides is 3. The molecule has 2 saturated heterocycles. The molecule has 0 unspecified atom stereocenters. The molecular formula is C39H37BrClN3O7. The van der Waals surface area contributed by atoms with Crippen LogP contribution in [0.3, 0.4) is 0 Å². The van der Waals surface area contributed by atoms with E-state index in [0.29, 0.717) is 27.2 Å². The van der Waals surface area contributed by atoms with Gasteiger partial charge in [0.2, 0.25) is 11.8 Å². The van der Waals surface area contributed by atoms with Gasteiger partial charge in [0.05, 0.1) is 35.8 Å². The van der Waals surface area contributed by atoms with Crippen LogP contribution < -0.4 is 10.2 Å². The first-order valence-electron chi connectivity index (χ1n) is 17.0. The van der Waals surface area contributed by atoms with Gasteiger partial charge in [-0.05, 0) is 42.2 Å². The van der Waals surface area contributed by atoms with E-state index >= 15 is 4.79 Å². The lowest BCUT2D eigenvalue weighted by molar-refractivity contribution is -0.160. The van der Waals surface area contributed by atoms with Crippen molar-refractivity contribution in [3.63, 3.8) is 0 Å². The zero-order valence-corrected chi connectivity index (χ0v) is 29.9. The van der Waals surface area contributed by atoms with Crippen molar-refractivity contribution in [2.75, 3.05) is 24.6 Å². The maximum Gasteiger partial charge on any atom is 0.313 e. The van der Waals surface area contributed by atoms with Gasteiger partial charge in [-0.2, -0.15) is 0 Å². The zero-order valence-electron chi connectivity index (χ0n) is 27.6. The maximum absolute atomic E-state index is 15.2. The van der Waals surface area contributed by atoms with E-state index in [1.165, 1.54) is 9.80 Å². The Balaban J connectivity index is 1.36. The quantitative estimate of drug-likeness (QED) is 0.270. The fourth-order valence-electron chi connectivity index (χ4n) is 7.78. The van der Waals surface area contributed by atoms with Gasteiger partial charge in [-0.3, -0.25) is 19.2 Å². The standard InChI is InChI=1S/C39H37BrClN3O7/c40-27-21-39-33-32(34(27)51-39)38(49)50-30(25-14-6-2-7-15-25)22-42-31(46)18-8-3-11-19-43(29-17-10-9-16-28(29)41)37(48)35(39)44(36(33)47)26(23-45)20-24-12-4-1-5-13-24/h1-7,9-17,21,26,30,32-35,45H,8,18-20,22-23H2,(H,42,46)/b11-3-/t26-,30+,32+,33-,34+,35+,39-/m1/s1. The van der Waals surface area contributed by atoms with Crippen LogP contribution in [-0.2, 0) is 35.1 Å². The largest absolute Gasteiger partial charge is 0.455 e. The number of hydrogen-bond acceptors (Lipinski definition) is 7. The number of allylic oxidation sites excluding steroid dienone is 1. The van der Waals surface area contributed by atoms with Gasteiger partial charge in [0.1, 0.15) is 29.8 Å². The molecule has 264 valence electrons. The van der Waals surface area contributed by atoms with Gasteiger partial charge in [-0.25, -0.2) is 0 Å². The van der Waals surface area contributed by atoms with Crippen LogP contribution in [0.15, 0.2) is 108 Å². The van der Waals surface area contributed by atoms with Crippen molar-refractivity contribution in [1.82, 2.24) is 10.2 Å². The molecule has 12 heteroatoms. The maximum atomic E-state index is 15.2. The molecule has 7 rings (SSSR count). The van der Waals surface area contributed by atoms with Crippen LogP contribution >= 0.6 is 27.5 Å². The number of aliphatic hydroxyl groups excluding tert-OH is 1. The first kappa shape index (κ1) is 35.1. The second-order valence-corrected chi connectivity index (χ2v) is 14.5. The van der Waals surface area contributed by atoms with Crippen molar-refractivity contribution < 1.29 is 33.8 Å². The average molecular weight is 775 g/mol. The number of para-hydroxylation sites is 1. The number of carbonyl (C=O) groups is 4. The van der Waals surface area contributed by atoms with Gasteiger partial charge in [0.15, 0.2) is 0 Å². The van der Waals surface area contributed by atoms with Crippen LogP contribution in [0.2, 0.25) is 5.02 Å². The molecule has 5 bridgehead atoms. The number of esters is 1. The van der Waals surface area contributed by atoms with E-state index in [2.05, 4.69) is 21.2 Å². The highest BCUT2D eigenvalue weighted by Crippen LogP contribution is 2.59. The van der Waals surface area contributed by atoms with Crippen molar-refractivity contribution in [2.45, 2.75) is 49.2 Å². The van der Waals surface area contributed by atoms with Crippen LogP contribution in [0.25, 0.3) is 0 Å². The fraction of sp³-hybridized carbons (Fsp3) is 0.333. The Bertz CT molecular complexity index is 1870. The molecule has 2 N–H and O–H groups in total. The molecule has 51 heavy (non-hydrogen) atoms. The molecule has 1 spiro atoms. The van der Waals surface area contributed by atoms with Crippen LogP contribution in [0.1, 0.15) is 30.1 Å². The highest BCUT2D eigenvalue weighted by Gasteiger charge is 2.75. The van der Waals surface area contributed by atoms with Crippen LogP contribution in [0.5, 0.6) is 0 Å². The third-order valence-electron chi connectivity index (χ3n) is 10.1. The second kappa shape index (κ2) is 14.7. The second-order valence-electron chi connectivity index (χ2n) is 13.1. The first-order valence-corrected chi connectivity index (χ1v) is 18.2. The summed E-state index contributed by atoms with van der Waals surface area (Å²) in [6.45, 7) is -0.352. The smallest absolute Gasteiger partial charge is 0.313 e. The molecule has 0 aromatic heterocycles. The number of nitrogens with one attached hydrogen (secondary N) is 1. The topological polar surface area (TPSA) is 125 Å². The lowest BCUT2D eigenvalue weighted by Gasteiger charge is -2.39. The predicted octanol–water partition coefficient (Wildman–Crippen LogP) is 4.90. The number of ether oxygens (including phenoxy) is 2. The highest BCUT2D eigenvalue weighted by molar-refractivity contribution is 9.11.